The van der Waals surface area contributed by atoms with Gasteiger partial charge in [0.25, 0.3) is 5.91 Å². The molecule has 2 aliphatic heterocycles. The van der Waals surface area contributed by atoms with Crippen molar-refractivity contribution in [2.45, 2.75) is 50.8 Å². The van der Waals surface area contributed by atoms with E-state index in [1.54, 1.807) is 35.0 Å². The SMILES string of the molecule is CO[C@@H]1CCN2C[C@@H]1NC(=O)CCCc1cn(nn1)CCCOc1cccnc1C2=O. The van der Waals surface area contributed by atoms with Crippen molar-refractivity contribution in [3.8, 4) is 5.75 Å². The number of pyridine rings is 1. The van der Waals surface area contributed by atoms with Crippen LogP contribution in [0, 0.1) is 0 Å². The Labute approximate surface area is 180 Å². The van der Waals surface area contributed by atoms with Gasteiger partial charge in [0.15, 0.2) is 11.4 Å². The van der Waals surface area contributed by atoms with Crippen molar-refractivity contribution in [1.29, 1.82) is 0 Å². The number of fused-ring (bicyclic) bond motifs is 5. The van der Waals surface area contributed by atoms with Gasteiger partial charge >= 0.3 is 0 Å². The van der Waals surface area contributed by atoms with Crippen LogP contribution in [0.1, 0.15) is 41.9 Å². The molecule has 1 N–H and O–H groups in total. The van der Waals surface area contributed by atoms with Crippen LogP contribution in [0.3, 0.4) is 0 Å². The van der Waals surface area contributed by atoms with E-state index in [0.717, 1.165) is 12.1 Å². The fourth-order valence-corrected chi connectivity index (χ4v) is 4.03. The Balaban J connectivity index is 1.56. The average Bonchev–Trinajstić information content (AvgIpc) is 3.23. The molecule has 166 valence electrons. The molecule has 10 heteroatoms. The van der Waals surface area contributed by atoms with Crippen molar-refractivity contribution in [2.24, 2.45) is 0 Å². The van der Waals surface area contributed by atoms with Crippen molar-refractivity contribution in [1.82, 2.24) is 30.2 Å². The first-order valence-corrected chi connectivity index (χ1v) is 10.7. The van der Waals surface area contributed by atoms with Gasteiger partial charge in [-0.15, -0.1) is 5.10 Å². The van der Waals surface area contributed by atoms with Gasteiger partial charge in [0.05, 0.1) is 24.4 Å². The number of hydrogen-bond donors (Lipinski definition) is 1. The minimum atomic E-state index is -0.275. The zero-order valence-electron chi connectivity index (χ0n) is 17.7. The third-order valence-corrected chi connectivity index (χ3v) is 5.67. The van der Waals surface area contributed by atoms with Crippen molar-refractivity contribution in [3.63, 3.8) is 0 Å². The molecule has 2 amide bonds. The highest BCUT2D eigenvalue weighted by Gasteiger charge is 2.34. The molecule has 10 nitrogen and oxygen atoms in total. The van der Waals surface area contributed by atoms with Gasteiger partial charge in [-0.2, -0.15) is 0 Å². The van der Waals surface area contributed by atoms with Gasteiger partial charge in [-0.25, -0.2) is 4.98 Å². The number of carbonyl (C=O) groups is 2. The van der Waals surface area contributed by atoms with Crippen LogP contribution in [0.4, 0.5) is 0 Å². The van der Waals surface area contributed by atoms with E-state index in [1.165, 1.54) is 0 Å². The lowest BCUT2D eigenvalue weighted by atomic mass is 10.0. The van der Waals surface area contributed by atoms with E-state index < -0.39 is 0 Å². The Bertz CT molecular complexity index is 917. The first kappa shape index (κ1) is 21.2. The molecule has 0 aromatic carbocycles. The third kappa shape index (κ3) is 5.19. The lowest BCUT2D eigenvalue weighted by Crippen LogP contribution is -2.57. The van der Waals surface area contributed by atoms with Gasteiger partial charge < -0.3 is 19.7 Å². The fourth-order valence-electron chi connectivity index (χ4n) is 4.03. The molecule has 0 radical (unpaired) electrons. The Morgan fingerprint density at radius 3 is 3.00 bits per heavy atom. The maximum Gasteiger partial charge on any atom is 0.276 e. The van der Waals surface area contributed by atoms with Gasteiger partial charge in [-0.05, 0) is 31.4 Å². The van der Waals surface area contributed by atoms with Crippen LogP contribution in [0.5, 0.6) is 5.75 Å². The summed E-state index contributed by atoms with van der Waals surface area (Å²) >= 11 is 0. The zero-order chi connectivity index (χ0) is 21.6. The second-order valence-electron chi connectivity index (χ2n) is 7.87. The summed E-state index contributed by atoms with van der Waals surface area (Å²) in [5, 5.41) is 11.4. The standard InChI is InChI=1S/C21H28N6O4/c1-30-17-8-11-26-14-16(17)23-19(28)7-2-5-15-13-27(25-24-15)10-4-12-31-18-6-3-9-22-20(18)21(26)29/h3,6,9,13,16-17H,2,4-5,7-8,10-12,14H2,1H3,(H,23,28)/t16-,17+/m0/s1. The molecule has 2 aliphatic rings. The van der Waals surface area contributed by atoms with Crippen LogP contribution in [-0.4, -0.2) is 75.6 Å². The number of ether oxygens (including phenoxy) is 2. The lowest BCUT2D eigenvalue weighted by Gasteiger charge is -2.38. The average molecular weight is 428 g/mol. The molecule has 1 fully saturated rings. The van der Waals surface area contributed by atoms with Gasteiger partial charge in [0, 0.05) is 52.0 Å². The van der Waals surface area contributed by atoms with E-state index in [-0.39, 0.29) is 29.7 Å². The normalized spacial score (nSPS) is 23.2. The Hall–Kier alpha value is -3.01. The van der Waals surface area contributed by atoms with Gasteiger partial charge in [-0.1, -0.05) is 5.21 Å². The van der Waals surface area contributed by atoms with E-state index in [2.05, 4.69) is 20.6 Å². The van der Waals surface area contributed by atoms with E-state index in [1.807, 2.05) is 6.20 Å². The highest BCUT2D eigenvalue weighted by atomic mass is 16.5. The van der Waals surface area contributed by atoms with Gasteiger partial charge in [0.1, 0.15) is 0 Å². The number of carbonyl (C=O) groups excluding carboxylic acids is 2. The van der Waals surface area contributed by atoms with Crippen molar-refractivity contribution >= 4 is 11.8 Å². The maximum absolute atomic E-state index is 13.2. The number of aromatic nitrogens is 4. The maximum atomic E-state index is 13.2. The summed E-state index contributed by atoms with van der Waals surface area (Å²) in [6.45, 7) is 1.99. The van der Waals surface area contributed by atoms with Crippen molar-refractivity contribution in [2.75, 3.05) is 26.8 Å². The van der Waals surface area contributed by atoms with Crippen LogP contribution < -0.4 is 10.1 Å². The van der Waals surface area contributed by atoms with Gasteiger partial charge in [-0.3, -0.25) is 14.3 Å². The molecular formula is C21H28N6O4. The molecule has 0 aliphatic carbocycles. The number of piperidine rings is 1. The summed E-state index contributed by atoms with van der Waals surface area (Å²) in [5.74, 6) is 0.200. The predicted octanol–water partition coefficient (Wildman–Crippen LogP) is 0.824. The van der Waals surface area contributed by atoms with E-state index in [9.17, 15) is 9.59 Å². The summed E-state index contributed by atoms with van der Waals surface area (Å²) in [6, 6.07) is 3.23. The fraction of sp³-hybridized carbons (Fsp3) is 0.571. The second kappa shape index (κ2) is 9.86. The number of methoxy groups -OCH3 is 1. The first-order valence-electron chi connectivity index (χ1n) is 10.7. The van der Waals surface area contributed by atoms with Crippen LogP contribution in [-0.2, 0) is 22.5 Å². The molecule has 31 heavy (non-hydrogen) atoms. The minimum absolute atomic E-state index is 0.0586. The summed E-state index contributed by atoms with van der Waals surface area (Å²) in [7, 11) is 1.63. The highest BCUT2D eigenvalue weighted by molar-refractivity contribution is 5.95. The lowest BCUT2D eigenvalue weighted by molar-refractivity contribution is -0.123. The minimum Gasteiger partial charge on any atom is -0.491 e. The predicted molar refractivity (Wildman–Crippen MR) is 111 cm³/mol. The Kier molecular flexibility index (Phi) is 6.76. The number of nitrogens with one attached hydrogen (secondary N) is 1. The molecule has 2 atom stereocenters. The Morgan fingerprint density at radius 1 is 1.23 bits per heavy atom. The summed E-state index contributed by atoms with van der Waals surface area (Å²) in [4.78, 5) is 31.7. The third-order valence-electron chi connectivity index (χ3n) is 5.67. The van der Waals surface area contributed by atoms with Crippen LogP contribution in [0.2, 0.25) is 0 Å². The Morgan fingerprint density at radius 2 is 2.13 bits per heavy atom. The number of nitrogens with zero attached hydrogens (tertiary/aromatic N) is 5. The van der Waals surface area contributed by atoms with E-state index in [0.29, 0.717) is 57.7 Å². The van der Waals surface area contributed by atoms with Crippen molar-refractivity contribution < 1.29 is 19.1 Å². The number of amides is 2. The first-order chi connectivity index (χ1) is 15.1. The van der Waals surface area contributed by atoms with Gasteiger partial charge in [0.2, 0.25) is 5.91 Å². The smallest absolute Gasteiger partial charge is 0.276 e. The molecule has 2 aromatic rings. The molecule has 0 saturated carbocycles. The zero-order valence-corrected chi connectivity index (χ0v) is 17.7. The van der Waals surface area contributed by atoms with Crippen LogP contribution in [0.15, 0.2) is 24.5 Å². The molecule has 4 heterocycles. The van der Waals surface area contributed by atoms with E-state index in [4.69, 9.17) is 9.47 Å². The number of rotatable bonds is 1. The molecule has 0 unspecified atom stereocenters. The summed E-state index contributed by atoms with van der Waals surface area (Å²) in [6.07, 6.45) is 6.45. The quantitative estimate of drug-likeness (QED) is 0.716. The second-order valence-corrected chi connectivity index (χ2v) is 7.87. The molecule has 0 spiro atoms. The molecule has 2 aromatic heterocycles. The van der Waals surface area contributed by atoms with E-state index >= 15 is 0 Å². The molecule has 1 saturated heterocycles. The number of hydrogen-bond acceptors (Lipinski definition) is 7. The molecule has 4 rings (SSSR count). The topological polar surface area (TPSA) is 111 Å². The monoisotopic (exact) mass is 428 g/mol. The molecule has 4 bridgehead atoms. The molecular weight excluding hydrogens is 400 g/mol. The largest absolute Gasteiger partial charge is 0.491 e. The van der Waals surface area contributed by atoms with Crippen LogP contribution in [0.25, 0.3) is 0 Å². The van der Waals surface area contributed by atoms with Crippen molar-refractivity contribution in [3.05, 3.63) is 35.9 Å². The summed E-state index contributed by atoms with van der Waals surface area (Å²) in [5.41, 5.74) is 1.15. The number of aryl methyl sites for hydroxylation is 2. The van der Waals surface area contributed by atoms with Crippen LogP contribution >= 0.6 is 0 Å². The highest BCUT2D eigenvalue weighted by Crippen LogP contribution is 2.22. The summed E-state index contributed by atoms with van der Waals surface area (Å²) < 4.78 is 13.2.